The normalized spacial score (nSPS) is 15.6. The molecule has 5 nitrogen and oxygen atoms in total. The van der Waals surface area contributed by atoms with Gasteiger partial charge in [-0.05, 0) is 61.7 Å². The Kier molecular flexibility index (Phi) is 5.72. The number of ether oxygens (including phenoxy) is 4. The lowest BCUT2D eigenvalue weighted by Crippen LogP contribution is -2.12. The fraction of sp³-hybridized carbons (Fsp3) is 0.222. The molecule has 0 unspecified atom stereocenters. The molecule has 0 fully saturated rings. The predicted octanol–water partition coefficient (Wildman–Crippen LogP) is 6.44. The maximum atomic E-state index is 13.1. The van der Waals surface area contributed by atoms with Crippen molar-refractivity contribution in [3.63, 3.8) is 0 Å². The van der Waals surface area contributed by atoms with Crippen LogP contribution in [0.3, 0.4) is 0 Å². The highest BCUT2D eigenvalue weighted by Crippen LogP contribution is 2.39. The van der Waals surface area contributed by atoms with Gasteiger partial charge in [-0.2, -0.15) is 0 Å². The Hall–Kier alpha value is -3.09. The first-order valence-electron chi connectivity index (χ1n) is 10.7. The largest absolute Gasteiger partial charge is 0.489 e. The van der Waals surface area contributed by atoms with Crippen molar-refractivity contribution >= 4 is 27.8 Å². The smallest absolute Gasteiger partial charge is 0.232 e. The van der Waals surface area contributed by atoms with Crippen LogP contribution in [0.4, 0.5) is 0 Å². The first-order valence-corrected chi connectivity index (χ1v) is 11.5. The molecule has 0 aliphatic carbocycles. The summed E-state index contributed by atoms with van der Waals surface area (Å²) in [5.41, 5.74) is 6.57. The summed E-state index contributed by atoms with van der Waals surface area (Å²) in [4.78, 5) is 13.1. The van der Waals surface area contributed by atoms with E-state index in [0.717, 1.165) is 26.7 Å². The zero-order chi connectivity index (χ0) is 23.1. The lowest BCUT2D eigenvalue weighted by molar-refractivity contribution is -0.0165. The molecule has 0 atom stereocenters. The van der Waals surface area contributed by atoms with Gasteiger partial charge < -0.3 is 18.9 Å². The van der Waals surface area contributed by atoms with Crippen LogP contribution in [0.2, 0.25) is 0 Å². The summed E-state index contributed by atoms with van der Waals surface area (Å²) in [6, 6.07) is 13.8. The van der Waals surface area contributed by atoms with E-state index in [1.807, 2.05) is 25.1 Å². The van der Waals surface area contributed by atoms with Gasteiger partial charge in [-0.15, -0.1) is 0 Å². The molecule has 0 spiro atoms. The fourth-order valence-electron chi connectivity index (χ4n) is 4.13. The molecule has 2 heterocycles. The van der Waals surface area contributed by atoms with Crippen molar-refractivity contribution in [2.45, 2.75) is 34.0 Å². The van der Waals surface area contributed by atoms with Crippen LogP contribution in [-0.2, 0) is 18.0 Å². The van der Waals surface area contributed by atoms with Crippen LogP contribution in [0.1, 0.15) is 43.7 Å². The van der Waals surface area contributed by atoms with Crippen LogP contribution in [-0.4, -0.2) is 12.6 Å². The van der Waals surface area contributed by atoms with E-state index in [2.05, 4.69) is 48.0 Å². The highest BCUT2D eigenvalue weighted by atomic mass is 79.9. The highest BCUT2D eigenvalue weighted by molar-refractivity contribution is 9.10. The fourth-order valence-corrected chi connectivity index (χ4v) is 4.66. The molecular weight excluding hydrogens is 484 g/mol. The van der Waals surface area contributed by atoms with E-state index in [9.17, 15) is 4.79 Å². The summed E-state index contributed by atoms with van der Waals surface area (Å²) in [6.45, 7) is 7.12. The van der Waals surface area contributed by atoms with Crippen molar-refractivity contribution in [1.29, 1.82) is 0 Å². The second-order valence-corrected chi connectivity index (χ2v) is 9.28. The Morgan fingerprint density at radius 2 is 1.91 bits per heavy atom. The number of ketones is 1. The number of aryl methyl sites for hydroxylation is 3. The van der Waals surface area contributed by atoms with Crippen molar-refractivity contribution in [3.05, 3.63) is 91.6 Å². The summed E-state index contributed by atoms with van der Waals surface area (Å²) < 4.78 is 24.0. The van der Waals surface area contributed by atoms with Gasteiger partial charge in [0.25, 0.3) is 0 Å². The quantitative estimate of drug-likeness (QED) is 0.381. The summed E-state index contributed by atoms with van der Waals surface area (Å²) in [5, 5.41) is 0. The molecule has 0 bridgehead atoms. The number of hydrogen-bond donors (Lipinski definition) is 0. The third kappa shape index (κ3) is 4.28. The Balaban J connectivity index is 1.43. The Morgan fingerprint density at radius 3 is 2.76 bits per heavy atom. The van der Waals surface area contributed by atoms with Crippen LogP contribution in [0.25, 0.3) is 6.08 Å². The third-order valence-electron chi connectivity index (χ3n) is 5.83. The molecule has 0 N–H and O–H groups in total. The molecule has 0 radical (unpaired) electrons. The number of rotatable bonds is 4. The maximum Gasteiger partial charge on any atom is 0.232 e. The molecule has 2 aliphatic rings. The van der Waals surface area contributed by atoms with E-state index in [0.29, 0.717) is 36.0 Å². The number of Topliss-reactive ketones (excluding diaryl/α,β-unsaturated/α-hetero) is 1. The second-order valence-electron chi connectivity index (χ2n) is 8.37. The topological polar surface area (TPSA) is 54.0 Å². The van der Waals surface area contributed by atoms with Crippen molar-refractivity contribution in [3.8, 4) is 17.2 Å². The van der Waals surface area contributed by atoms with E-state index < -0.39 is 0 Å². The van der Waals surface area contributed by atoms with Gasteiger partial charge in [-0.3, -0.25) is 4.79 Å². The summed E-state index contributed by atoms with van der Waals surface area (Å²) in [5.74, 6) is 2.00. The van der Waals surface area contributed by atoms with Crippen LogP contribution >= 0.6 is 15.9 Å². The van der Waals surface area contributed by atoms with Gasteiger partial charge >= 0.3 is 0 Å². The van der Waals surface area contributed by atoms with Gasteiger partial charge in [-0.25, -0.2) is 0 Å². The molecule has 3 aromatic carbocycles. The van der Waals surface area contributed by atoms with Crippen molar-refractivity contribution in [2.75, 3.05) is 6.79 Å². The standard InChI is InChI=1S/C27H23BrO5/c1-15-4-5-16(2)19(6-15)13-31-22-7-17(3)25-23(11-22)33-24(26(25)29)10-18-8-21(28)9-20-12-30-14-32-27(18)20/h4-11H,12-14H2,1-3H3/b24-10-. The van der Waals surface area contributed by atoms with E-state index in [1.54, 1.807) is 12.1 Å². The van der Waals surface area contributed by atoms with Gasteiger partial charge in [0.05, 0.1) is 12.2 Å². The minimum absolute atomic E-state index is 0.149. The predicted molar refractivity (Wildman–Crippen MR) is 129 cm³/mol. The molecule has 3 aromatic rings. The molecule has 6 heteroatoms. The van der Waals surface area contributed by atoms with Crippen molar-refractivity contribution in [2.24, 2.45) is 0 Å². The molecule has 168 valence electrons. The molecule has 5 rings (SSSR count). The minimum Gasteiger partial charge on any atom is -0.489 e. The maximum absolute atomic E-state index is 13.1. The Morgan fingerprint density at radius 1 is 1.06 bits per heavy atom. The lowest BCUT2D eigenvalue weighted by Gasteiger charge is -2.20. The van der Waals surface area contributed by atoms with Crippen molar-refractivity contribution in [1.82, 2.24) is 0 Å². The van der Waals surface area contributed by atoms with Crippen LogP contribution in [0.15, 0.2) is 52.7 Å². The lowest BCUT2D eigenvalue weighted by atomic mass is 10.0. The monoisotopic (exact) mass is 506 g/mol. The molecule has 0 saturated carbocycles. The van der Waals surface area contributed by atoms with E-state index in [4.69, 9.17) is 18.9 Å². The number of carbonyl (C=O) groups excluding carboxylic acids is 1. The first kappa shape index (κ1) is 21.7. The van der Waals surface area contributed by atoms with Gasteiger partial charge in [0, 0.05) is 21.7 Å². The van der Waals surface area contributed by atoms with Gasteiger partial charge in [0.1, 0.15) is 23.9 Å². The number of hydrogen-bond acceptors (Lipinski definition) is 5. The Bertz CT molecular complexity index is 1310. The van der Waals surface area contributed by atoms with Crippen LogP contribution < -0.4 is 14.2 Å². The average Bonchev–Trinajstić information content (AvgIpc) is 3.09. The molecule has 33 heavy (non-hydrogen) atoms. The number of carbonyl (C=O) groups is 1. The Labute approximate surface area is 201 Å². The van der Waals surface area contributed by atoms with E-state index in [1.165, 1.54) is 11.1 Å². The zero-order valence-corrected chi connectivity index (χ0v) is 20.2. The molecule has 0 saturated heterocycles. The van der Waals surface area contributed by atoms with Crippen LogP contribution in [0, 0.1) is 20.8 Å². The average molecular weight is 507 g/mol. The van der Waals surface area contributed by atoms with Gasteiger partial charge in [-0.1, -0.05) is 39.7 Å². The van der Waals surface area contributed by atoms with Crippen LogP contribution in [0.5, 0.6) is 17.2 Å². The zero-order valence-electron chi connectivity index (χ0n) is 18.7. The SMILES string of the molecule is Cc1ccc(C)c(COc2cc(C)c3c(c2)O/C(=C\c2cc(Br)cc4c2OCOC4)C3=O)c1. The summed E-state index contributed by atoms with van der Waals surface area (Å²) in [7, 11) is 0. The number of benzene rings is 3. The number of allylic oxidation sites excluding steroid dienone is 1. The first-order chi connectivity index (χ1) is 15.9. The van der Waals surface area contributed by atoms with Crippen molar-refractivity contribution < 1.29 is 23.7 Å². The van der Waals surface area contributed by atoms with Gasteiger partial charge in [0.2, 0.25) is 5.78 Å². The molecule has 0 amide bonds. The molecule has 0 aromatic heterocycles. The van der Waals surface area contributed by atoms with E-state index >= 15 is 0 Å². The minimum atomic E-state index is -0.149. The third-order valence-corrected chi connectivity index (χ3v) is 6.29. The second kappa shape index (κ2) is 8.69. The van der Waals surface area contributed by atoms with E-state index in [-0.39, 0.29) is 18.3 Å². The summed E-state index contributed by atoms with van der Waals surface area (Å²) >= 11 is 3.52. The number of halogens is 1. The molecular formula is C27H23BrO5. The molecule has 2 aliphatic heterocycles. The number of fused-ring (bicyclic) bond motifs is 2. The van der Waals surface area contributed by atoms with Gasteiger partial charge in [0.15, 0.2) is 12.6 Å². The highest BCUT2D eigenvalue weighted by Gasteiger charge is 2.31. The summed E-state index contributed by atoms with van der Waals surface area (Å²) in [6.07, 6.45) is 1.73.